The van der Waals surface area contributed by atoms with Gasteiger partial charge in [0.25, 0.3) is 0 Å². The number of hydrogen-bond donors (Lipinski definition) is 2. The molecule has 1 aromatic carbocycles. The highest BCUT2D eigenvalue weighted by atomic mass is 16.5. The van der Waals surface area contributed by atoms with E-state index in [1.54, 1.807) is 0 Å². The summed E-state index contributed by atoms with van der Waals surface area (Å²) in [6, 6.07) is 6.07. The minimum absolute atomic E-state index is 0.103. The summed E-state index contributed by atoms with van der Waals surface area (Å²) in [6.07, 6.45) is 4.73. The van der Waals surface area contributed by atoms with E-state index in [1.807, 2.05) is 32.0 Å². The summed E-state index contributed by atoms with van der Waals surface area (Å²) in [5, 5.41) is 2.96. The first-order chi connectivity index (χ1) is 10.2. The molecule has 1 amide bonds. The second-order valence-electron chi connectivity index (χ2n) is 5.27. The fraction of sp³-hybridized carbons (Fsp3) is 0.588. The molecule has 0 aliphatic rings. The molecule has 0 spiro atoms. The molecule has 4 nitrogen and oxygen atoms in total. The Balaban J connectivity index is 2.35. The van der Waals surface area contributed by atoms with Crippen molar-refractivity contribution in [3.8, 4) is 5.75 Å². The monoisotopic (exact) mass is 292 g/mol. The molecular formula is C17H28N2O2. The second-order valence-corrected chi connectivity index (χ2v) is 5.27. The predicted molar refractivity (Wildman–Crippen MR) is 86.3 cm³/mol. The van der Waals surface area contributed by atoms with Gasteiger partial charge in [0.1, 0.15) is 5.75 Å². The first kappa shape index (κ1) is 17.5. The SMILES string of the molecule is CCOc1cc(C)ccc1CNC(=O)CCCCCCN. The number of unbranched alkanes of at least 4 members (excludes halogenated alkanes) is 3. The Kier molecular flexibility index (Phi) is 8.51. The summed E-state index contributed by atoms with van der Waals surface area (Å²) < 4.78 is 5.61. The van der Waals surface area contributed by atoms with Crippen LogP contribution in [0.25, 0.3) is 0 Å². The minimum atomic E-state index is 0.103. The first-order valence-electron chi connectivity index (χ1n) is 7.86. The maximum atomic E-state index is 11.8. The molecule has 21 heavy (non-hydrogen) atoms. The van der Waals surface area contributed by atoms with Crippen LogP contribution in [0.4, 0.5) is 0 Å². The molecule has 0 aliphatic carbocycles. The van der Waals surface area contributed by atoms with E-state index in [4.69, 9.17) is 10.5 Å². The lowest BCUT2D eigenvalue weighted by molar-refractivity contribution is -0.121. The number of carbonyl (C=O) groups excluding carboxylic acids is 1. The van der Waals surface area contributed by atoms with Crippen LogP contribution < -0.4 is 15.8 Å². The van der Waals surface area contributed by atoms with Crippen molar-refractivity contribution in [1.82, 2.24) is 5.32 Å². The molecule has 0 unspecified atom stereocenters. The molecule has 0 atom stereocenters. The van der Waals surface area contributed by atoms with Crippen molar-refractivity contribution in [3.63, 3.8) is 0 Å². The van der Waals surface area contributed by atoms with Gasteiger partial charge in [-0.05, 0) is 44.9 Å². The van der Waals surface area contributed by atoms with E-state index in [0.29, 0.717) is 19.6 Å². The zero-order chi connectivity index (χ0) is 15.5. The van der Waals surface area contributed by atoms with Crippen LogP contribution in [0.15, 0.2) is 18.2 Å². The Bertz CT molecular complexity index is 433. The Labute approximate surface area is 128 Å². The average Bonchev–Trinajstić information content (AvgIpc) is 2.46. The quantitative estimate of drug-likeness (QED) is 0.652. The molecule has 3 N–H and O–H groups in total. The number of rotatable bonds is 10. The van der Waals surface area contributed by atoms with E-state index in [1.165, 1.54) is 0 Å². The van der Waals surface area contributed by atoms with Crippen LogP contribution in [0.5, 0.6) is 5.75 Å². The van der Waals surface area contributed by atoms with Crippen molar-refractivity contribution in [1.29, 1.82) is 0 Å². The largest absolute Gasteiger partial charge is 0.494 e. The second kappa shape index (κ2) is 10.2. The third kappa shape index (κ3) is 7.14. The molecule has 0 radical (unpaired) electrons. The Morgan fingerprint density at radius 1 is 1.24 bits per heavy atom. The van der Waals surface area contributed by atoms with Crippen molar-refractivity contribution in [2.45, 2.75) is 52.5 Å². The van der Waals surface area contributed by atoms with Gasteiger partial charge in [-0.3, -0.25) is 4.79 Å². The van der Waals surface area contributed by atoms with Crippen LogP contribution >= 0.6 is 0 Å². The lowest BCUT2D eigenvalue weighted by Crippen LogP contribution is -2.22. The highest BCUT2D eigenvalue weighted by Gasteiger charge is 2.06. The number of aryl methyl sites for hydroxylation is 1. The van der Waals surface area contributed by atoms with Crippen LogP contribution in [0.2, 0.25) is 0 Å². The Morgan fingerprint density at radius 2 is 2.00 bits per heavy atom. The molecular weight excluding hydrogens is 264 g/mol. The van der Waals surface area contributed by atoms with Crippen LogP contribution in [0.1, 0.15) is 50.2 Å². The lowest BCUT2D eigenvalue weighted by atomic mass is 10.1. The Morgan fingerprint density at radius 3 is 2.71 bits per heavy atom. The van der Waals surface area contributed by atoms with Crippen LogP contribution in [0, 0.1) is 6.92 Å². The van der Waals surface area contributed by atoms with Gasteiger partial charge in [-0.2, -0.15) is 0 Å². The van der Waals surface area contributed by atoms with Gasteiger partial charge in [0.15, 0.2) is 0 Å². The van der Waals surface area contributed by atoms with E-state index in [-0.39, 0.29) is 5.91 Å². The predicted octanol–water partition coefficient (Wildman–Crippen LogP) is 2.92. The van der Waals surface area contributed by atoms with Gasteiger partial charge in [0.2, 0.25) is 5.91 Å². The molecule has 118 valence electrons. The number of benzene rings is 1. The molecule has 0 bridgehead atoms. The summed E-state index contributed by atoms with van der Waals surface area (Å²) in [5.74, 6) is 0.964. The summed E-state index contributed by atoms with van der Waals surface area (Å²) in [4.78, 5) is 11.8. The van der Waals surface area contributed by atoms with E-state index >= 15 is 0 Å². The van der Waals surface area contributed by atoms with Gasteiger partial charge in [-0.15, -0.1) is 0 Å². The van der Waals surface area contributed by atoms with Gasteiger partial charge < -0.3 is 15.8 Å². The maximum absolute atomic E-state index is 11.8. The van der Waals surface area contributed by atoms with Crippen molar-refractivity contribution in [3.05, 3.63) is 29.3 Å². The highest BCUT2D eigenvalue weighted by molar-refractivity contribution is 5.75. The van der Waals surface area contributed by atoms with Crippen LogP contribution in [-0.4, -0.2) is 19.1 Å². The lowest BCUT2D eigenvalue weighted by Gasteiger charge is -2.12. The van der Waals surface area contributed by atoms with Crippen molar-refractivity contribution < 1.29 is 9.53 Å². The molecule has 1 rings (SSSR count). The van der Waals surface area contributed by atoms with Crippen molar-refractivity contribution in [2.24, 2.45) is 5.73 Å². The van der Waals surface area contributed by atoms with Gasteiger partial charge in [0.05, 0.1) is 6.61 Å². The van der Waals surface area contributed by atoms with Gasteiger partial charge in [-0.1, -0.05) is 25.0 Å². The normalized spacial score (nSPS) is 10.4. The van der Waals surface area contributed by atoms with Gasteiger partial charge >= 0.3 is 0 Å². The number of amides is 1. The summed E-state index contributed by atoms with van der Waals surface area (Å²) in [7, 11) is 0. The number of ether oxygens (including phenoxy) is 1. The van der Waals surface area contributed by atoms with E-state index in [0.717, 1.165) is 49.1 Å². The summed E-state index contributed by atoms with van der Waals surface area (Å²) in [5.41, 5.74) is 7.63. The van der Waals surface area contributed by atoms with Crippen LogP contribution in [0.3, 0.4) is 0 Å². The minimum Gasteiger partial charge on any atom is -0.494 e. The third-order valence-corrected chi connectivity index (χ3v) is 3.36. The first-order valence-corrected chi connectivity index (χ1v) is 7.86. The zero-order valence-electron chi connectivity index (χ0n) is 13.3. The highest BCUT2D eigenvalue weighted by Crippen LogP contribution is 2.20. The van der Waals surface area contributed by atoms with E-state index in [9.17, 15) is 4.79 Å². The van der Waals surface area contributed by atoms with Crippen molar-refractivity contribution in [2.75, 3.05) is 13.2 Å². The molecule has 0 aromatic heterocycles. The van der Waals surface area contributed by atoms with Crippen molar-refractivity contribution >= 4 is 5.91 Å². The van der Waals surface area contributed by atoms with Crippen LogP contribution in [-0.2, 0) is 11.3 Å². The van der Waals surface area contributed by atoms with Gasteiger partial charge in [-0.25, -0.2) is 0 Å². The Hall–Kier alpha value is -1.55. The third-order valence-electron chi connectivity index (χ3n) is 3.36. The topological polar surface area (TPSA) is 64.3 Å². The van der Waals surface area contributed by atoms with E-state index in [2.05, 4.69) is 5.32 Å². The zero-order valence-corrected chi connectivity index (χ0v) is 13.3. The van der Waals surface area contributed by atoms with E-state index < -0.39 is 0 Å². The average molecular weight is 292 g/mol. The molecule has 0 heterocycles. The number of hydrogen-bond acceptors (Lipinski definition) is 3. The molecule has 4 heteroatoms. The van der Waals surface area contributed by atoms with Gasteiger partial charge in [0, 0.05) is 18.5 Å². The fourth-order valence-corrected chi connectivity index (χ4v) is 2.16. The number of nitrogens with two attached hydrogens (primary N) is 1. The fourth-order valence-electron chi connectivity index (χ4n) is 2.16. The summed E-state index contributed by atoms with van der Waals surface area (Å²) in [6.45, 7) is 5.89. The standard InChI is InChI=1S/C17H28N2O2/c1-3-21-16-12-14(2)9-10-15(16)13-19-17(20)8-6-4-5-7-11-18/h9-10,12H,3-8,11,13,18H2,1-2H3,(H,19,20). The summed E-state index contributed by atoms with van der Waals surface area (Å²) >= 11 is 0. The molecule has 0 fully saturated rings. The molecule has 0 saturated heterocycles. The molecule has 0 saturated carbocycles. The molecule has 1 aromatic rings. The maximum Gasteiger partial charge on any atom is 0.220 e. The number of carbonyl (C=O) groups is 1. The number of nitrogens with one attached hydrogen (secondary N) is 1. The smallest absolute Gasteiger partial charge is 0.220 e. The molecule has 0 aliphatic heterocycles.